The summed E-state index contributed by atoms with van der Waals surface area (Å²) >= 11 is 2.10. The van der Waals surface area contributed by atoms with Gasteiger partial charge < -0.3 is 9.53 Å². The average Bonchev–Trinajstić information content (AvgIpc) is 1.96. The first-order valence-corrected chi connectivity index (χ1v) is 6.07. The molecule has 4 heteroatoms. The molecule has 0 bridgehead atoms. The van der Waals surface area contributed by atoms with Gasteiger partial charge in [-0.1, -0.05) is 22.6 Å². The highest BCUT2D eigenvalue weighted by atomic mass is 127. The van der Waals surface area contributed by atoms with Gasteiger partial charge >= 0.3 is 5.97 Å². The SMILES string of the molecule is CC(=O)CC(CI)C(=O)OC(C)(C)C. The van der Waals surface area contributed by atoms with Gasteiger partial charge in [0.2, 0.25) is 0 Å². The third kappa shape index (κ3) is 6.34. The molecular weight excluding hydrogens is 295 g/mol. The van der Waals surface area contributed by atoms with E-state index in [0.717, 1.165) is 0 Å². The molecule has 0 saturated carbocycles. The zero-order chi connectivity index (χ0) is 11.4. The Morgan fingerprint density at radius 3 is 2.14 bits per heavy atom. The Hall–Kier alpha value is -0.130. The molecule has 0 radical (unpaired) electrons. The Morgan fingerprint density at radius 1 is 1.36 bits per heavy atom. The molecule has 0 heterocycles. The van der Waals surface area contributed by atoms with Crippen molar-refractivity contribution in [2.24, 2.45) is 5.92 Å². The molecule has 1 unspecified atom stereocenters. The number of hydrogen-bond acceptors (Lipinski definition) is 3. The number of hydrogen-bond donors (Lipinski definition) is 0. The lowest BCUT2D eigenvalue weighted by molar-refractivity contribution is -0.160. The van der Waals surface area contributed by atoms with Gasteiger partial charge in [-0.05, 0) is 27.7 Å². The van der Waals surface area contributed by atoms with E-state index in [1.165, 1.54) is 6.92 Å². The number of ether oxygens (including phenoxy) is 1. The van der Waals surface area contributed by atoms with Gasteiger partial charge in [-0.15, -0.1) is 0 Å². The standard InChI is InChI=1S/C10H17IO3/c1-7(12)5-8(6-11)9(13)14-10(2,3)4/h8H,5-6H2,1-4H3. The van der Waals surface area contributed by atoms with E-state index in [1.807, 2.05) is 20.8 Å². The summed E-state index contributed by atoms with van der Waals surface area (Å²) in [5, 5.41) is 0. The van der Waals surface area contributed by atoms with E-state index in [2.05, 4.69) is 22.6 Å². The fraction of sp³-hybridized carbons (Fsp3) is 0.800. The van der Waals surface area contributed by atoms with E-state index in [1.54, 1.807) is 0 Å². The summed E-state index contributed by atoms with van der Waals surface area (Å²) in [7, 11) is 0. The Labute approximate surface area is 98.7 Å². The van der Waals surface area contributed by atoms with Crippen LogP contribution < -0.4 is 0 Å². The van der Waals surface area contributed by atoms with Crippen LogP contribution in [-0.4, -0.2) is 21.8 Å². The molecule has 0 spiro atoms. The maximum atomic E-state index is 11.5. The number of ketones is 1. The predicted octanol–water partition coefficient (Wildman–Crippen LogP) is 2.36. The fourth-order valence-corrected chi connectivity index (χ4v) is 1.60. The van der Waals surface area contributed by atoms with Crippen molar-refractivity contribution < 1.29 is 14.3 Å². The highest BCUT2D eigenvalue weighted by Gasteiger charge is 2.25. The lowest BCUT2D eigenvalue weighted by Crippen LogP contribution is -2.30. The molecule has 0 N–H and O–H groups in total. The molecule has 1 atom stereocenters. The van der Waals surface area contributed by atoms with Crippen LogP contribution in [0.2, 0.25) is 0 Å². The Morgan fingerprint density at radius 2 is 1.86 bits per heavy atom. The van der Waals surface area contributed by atoms with Crippen LogP contribution in [0.3, 0.4) is 0 Å². The van der Waals surface area contributed by atoms with Crippen LogP contribution in [0.25, 0.3) is 0 Å². The number of rotatable bonds is 4. The first-order valence-electron chi connectivity index (χ1n) is 4.54. The van der Waals surface area contributed by atoms with Crippen molar-refractivity contribution in [3.05, 3.63) is 0 Å². The van der Waals surface area contributed by atoms with Gasteiger partial charge in [-0.2, -0.15) is 0 Å². The number of alkyl halides is 1. The van der Waals surface area contributed by atoms with Crippen LogP contribution in [-0.2, 0) is 14.3 Å². The monoisotopic (exact) mass is 312 g/mol. The average molecular weight is 312 g/mol. The molecule has 0 amide bonds. The molecule has 14 heavy (non-hydrogen) atoms. The molecule has 0 fully saturated rings. The molecule has 82 valence electrons. The summed E-state index contributed by atoms with van der Waals surface area (Å²) in [6.07, 6.45) is 0.276. The van der Waals surface area contributed by atoms with Crippen LogP contribution >= 0.6 is 22.6 Å². The number of esters is 1. The largest absolute Gasteiger partial charge is 0.460 e. The van der Waals surface area contributed by atoms with Crippen molar-refractivity contribution in [3.63, 3.8) is 0 Å². The van der Waals surface area contributed by atoms with Gasteiger partial charge in [-0.25, -0.2) is 0 Å². The number of carbonyl (C=O) groups excluding carboxylic acids is 2. The predicted molar refractivity (Wildman–Crippen MR) is 63.5 cm³/mol. The maximum absolute atomic E-state index is 11.5. The summed E-state index contributed by atoms with van der Waals surface area (Å²) < 4.78 is 5.81. The molecule has 0 aromatic carbocycles. The maximum Gasteiger partial charge on any atom is 0.310 e. The smallest absolute Gasteiger partial charge is 0.310 e. The first-order chi connectivity index (χ1) is 6.26. The van der Waals surface area contributed by atoms with Crippen LogP contribution in [0, 0.1) is 5.92 Å². The highest BCUT2D eigenvalue weighted by Crippen LogP contribution is 2.16. The summed E-state index contributed by atoms with van der Waals surface area (Å²) in [4.78, 5) is 22.4. The van der Waals surface area contributed by atoms with Crippen molar-refractivity contribution in [2.45, 2.75) is 39.7 Å². The van der Waals surface area contributed by atoms with Gasteiger partial charge in [0.05, 0.1) is 5.92 Å². The number of carbonyl (C=O) groups is 2. The zero-order valence-corrected chi connectivity index (χ0v) is 11.3. The van der Waals surface area contributed by atoms with Crippen molar-refractivity contribution in [1.29, 1.82) is 0 Å². The molecule has 0 aliphatic carbocycles. The molecule has 3 nitrogen and oxygen atoms in total. The topological polar surface area (TPSA) is 43.4 Å². The van der Waals surface area contributed by atoms with E-state index in [0.29, 0.717) is 4.43 Å². The minimum Gasteiger partial charge on any atom is -0.460 e. The number of Topliss-reactive ketones (excluding diaryl/α,β-unsaturated/α-hetero) is 1. The van der Waals surface area contributed by atoms with Gasteiger partial charge in [-0.3, -0.25) is 4.79 Å². The van der Waals surface area contributed by atoms with Crippen LogP contribution in [0.1, 0.15) is 34.1 Å². The van der Waals surface area contributed by atoms with Crippen LogP contribution in [0.5, 0.6) is 0 Å². The fourth-order valence-electron chi connectivity index (χ4n) is 0.933. The zero-order valence-electron chi connectivity index (χ0n) is 9.09. The lowest BCUT2D eigenvalue weighted by Gasteiger charge is -2.22. The third-order valence-corrected chi connectivity index (χ3v) is 2.52. The highest BCUT2D eigenvalue weighted by molar-refractivity contribution is 14.1. The molecule has 0 aliphatic rings. The van der Waals surface area contributed by atoms with Crippen molar-refractivity contribution in [3.8, 4) is 0 Å². The molecule has 0 rings (SSSR count). The normalized spacial score (nSPS) is 13.5. The Balaban J connectivity index is 4.25. The summed E-state index contributed by atoms with van der Waals surface area (Å²) in [5.41, 5.74) is -0.474. The van der Waals surface area contributed by atoms with Crippen LogP contribution in [0.4, 0.5) is 0 Å². The Kier molecular flexibility index (Phi) is 5.63. The lowest BCUT2D eigenvalue weighted by atomic mass is 10.1. The minimum absolute atomic E-state index is 0.0255. The van der Waals surface area contributed by atoms with Crippen LogP contribution in [0.15, 0.2) is 0 Å². The van der Waals surface area contributed by atoms with E-state index in [4.69, 9.17) is 4.74 Å². The van der Waals surface area contributed by atoms with Crippen molar-refractivity contribution in [2.75, 3.05) is 4.43 Å². The summed E-state index contributed by atoms with van der Waals surface area (Å²) in [6, 6.07) is 0. The molecule has 0 saturated heterocycles. The van der Waals surface area contributed by atoms with Crippen molar-refractivity contribution in [1.82, 2.24) is 0 Å². The van der Waals surface area contributed by atoms with Gasteiger partial charge in [0, 0.05) is 10.8 Å². The number of halogens is 1. The molecule has 0 aromatic rings. The molecule has 0 aromatic heterocycles. The second-order valence-electron chi connectivity index (χ2n) is 4.29. The summed E-state index contributed by atoms with van der Waals surface area (Å²) in [5.74, 6) is -0.549. The first kappa shape index (κ1) is 13.9. The van der Waals surface area contributed by atoms with Gasteiger partial charge in [0.15, 0.2) is 0 Å². The quantitative estimate of drug-likeness (QED) is 0.455. The van der Waals surface area contributed by atoms with E-state index >= 15 is 0 Å². The molecular formula is C10H17IO3. The third-order valence-electron chi connectivity index (χ3n) is 1.46. The van der Waals surface area contributed by atoms with Gasteiger partial charge in [0.25, 0.3) is 0 Å². The van der Waals surface area contributed by atoms with E-state index in [9.17, 15) is 9.59 Å². The second kappa shape index (κ2) is 5.68. The second-order valence-corrected chi connectivity index (χ2v) is 5.17. The van der Waals surface area contributed by atoms with E-state index in [-0.39, 0.29) is 24.1 Å². The Bertz CT molecular complexity index is 218. The molecule has 0 aliphatic heterocycles. The van der Waals surface area contributed by atoms with E-state index < -0.39 is 5.60 Å². The summed E-state index contributed by atoms with van der Waals surface area (Å²) in [6.45, 7) is 6.96. The van der Waals surface area contributed by atoms with Crippen molar-refractivity contribution >= 4 is 34.3 Å². The minimum atomic E-state index is -0.474. The van der Waals surface area contributed by atoms with Gasteiger partial charge in [0.1, 0.15) is 11.4 Å².